The fourth-order valence-electron chi connectivity index (χ4n) is 2.81. The second kappa shape index (κ2) is 9.45. The zero-order chi connectivity index (χ0) is 19.8. The van der Waals surface area contributed by atoms with Crippen LogP contribution in [0.4, 0.5) is 4.79 Å². The van der Waals surface area contributed by atoms with E-state index < -0.39 is 6.09 Å². The van der Waals surface area contributed by atoms with Crippen LogP contribution in [0.5, 0.6) is 11.5 Å². The monoisotopic (exact) mass is 381 g/mol. The number of nitrogens with one attached hydrogen (secondary N) is 1. The molecule has 0 aliphatic rings. The molecular formula is C21H23N3O4. The molecule has 0 saturated heterocycles. The average molecular weight is 381 g/mol. The average Bonchev–Trinajstić information content (AvgIpc) is 3.07. The van der Waals surface area contributed by atoms with E-state index in [-0.39, 0.29) is 0 Å². The maximum atomic E-state index is 11.3. The molecule has 1 aromatic heterocycles. The Morgan fingerprint density at radius 2 is 1.89 bits per heavy atom. The zero-order valence-corrected chi connectivity index (χ0v) is 15.9. The minimum atomic E-state index is -0.574. The van der Waals surface area contributed by atoms with Crippen LogP contribution in [-0.4, -0.2) is 37.2 Å². The first-order valence-corrected chi connectivity index (χ1v) is 9.02. The molecule has 0 saturated carbocycles. The minimum Gasteiger partial charge on any atom is -0.497 e. The topological polar surface area (TPSA) is 74.1 Å². The Morgan fingerprint density at radius 3 is 2.64 bits per heavy atom. The molecular weight excluding hydrogens is 358 g/mol. The van der Waals surface area contributed by atoms with Gasteiger partial charge in [-0.3, -0.25) is 0 Å². The Hall–Kier alpha value is -3.48. The van der Waals surface area contributed by atoms with Crippen LogP contribution in [-0.2, 0) is 11.3 Å². The molecule has 3 rings (SSSR count). The molecule has 2 aromatic carbocycles. The van der Waals surface area contributed by atoms with E-state index in [1.165, 1.54) is 0 Å². The van der Waals surface area contributed by atoms with Gasteiger partial charge in [0, 0.05) is 22.7 Å². The van der Waals surface area contributed by atoms with E-state index in [2.05, 4.69) is 15.1 Å². The van der Waals surface area contributed by atoms with Crippen LogP contribution in [0.15, 0.2) is 59.8 Å². The summed E-state index contributed by atoms with van der Waals surface area (Å²) >= 11 is 0. The number of fused-ring (bicyclic) bond motifs is 1. The largest absolute Gasteiger partial charge is 0.497 e. The number of rotatable bonds is 8. The Kier molecular flexibility index (Phi) is 6.51. The van der Waals surface area contributed by atoms with Gasteiger partial charge in [-0.05, 0) is 37.3 Å². The van der Waals surface area contributed by atoms with Gasteiger partial charge >= 0.3 is 6.09 Å². The van der Waals surface area contributed by atoms with E-state index in [0.29, 0.717) is 19.8 Å². The number of aromatic nitrogens is 1. The van der Waals surface area contributed by atoms with Crippen LogP contribution in [0.1, 0.15) is 12.5 Å². The summed E-state index contributed by atoms with van der Waals surface area (Å²) in [5.41, 5.74) is 4.31. The predicted octanol–water partition coefficient (Wildman–Crippen LogP) is 3.81. The van der Waals surface area contributed by atoms with E-state index >= 15 is 0 Å². The standard InChI is InChI=1S/C21H23N3O4/c1-3-27-21(25)23-22-14-16-15-24(20-7-5-4-6-19(16)20)12-13-28-18-10-8-17(26-2)9-11-18/h4-11,14-15H,3,12-13H2,1-2H3,(H,23,25)/b22-14+. The van der Waals surface area contributed by atoms with Crippen molar-refractivity contribution in [3.05, 3.63) is 60.3 Å². The van der Waals surface area contributed by atoms with Crippen LogP contribution in [0.3, 0.4) is 0 Å². The van der Waals surface area contributed by atoms with E-state index in [4.69, 9.17) is 14.2 Å². The maximum Gasteiger partial charge on any atom is 0.427 e. The SMILES string of the molecule is CCOC(=O)N/N=C/c1cn(CCOc2ccc(OC)cc2)c2ccccc12. The number of para-hydroxylation sites is 1. The number of nitrogens with zero attached hydrogens (tertiary/aromatic N) is 2. The third kappa shape index (κ3) is 4.82. The number of carbonyl (C=O) groups excluding carboxylic acids is 1. The number of hydrogen-bond donors (Lipinski definition) is 1. The highest BCUT2D eigenvalue weighted by Gasteiger charge is 2.07. The van der Waals surface area contributed by atoms with Gasteiger partial charge in [0.05, 0.1) is 26.5 Å². The number of benzene rings is 2. The molecule has 146 valence electrons. The first-order valence-electron chi connectivity index (χ1n) is 9.02. The van der Waals surface area contributed by atoms with Crippen LogP contribution >= 0.6 is 0 Å². The Balaban J connectivity index is 1.67. The number of methoxy groups -OCH3 is 1. The van der Waals surface area contributed by atoms with Crippen LogP contribution in [0.25, 0.3) is 10.9 Å². The molecule has 7 heteroatoms. The molecule has 0 fully saturated rings. The molecule has 0 atom stereocenters. The van der Waals surface area contributed by atoms with Crippen LogP contribution < -0.4 is 14.9 Å². The van der Waals surface area contributed by atoms with E-state index in [1.807, 2.05) is 54.7 Å². The summed E-state index contributed by atoms with van der Waals surface area (Å²) in [7, 11) is 1.64. The molecule has 0 radical (unpaired) electrons. The molecule has 0 unspecified atom stereocenters. The summed E-state index contributed by atoms with van der Waals surface area (Å²) in [6.07, 6.45) is 3.02. The predicted molar refractivity (Wildman–Crippen MR) is 108 cm³/mol. The highest BCUT2D eigenvalue weighted by Crippen LogP contribution is 2.21. The number of hydrazone groups is 1. The Bertz CT molecular complexity index is 948. The molecule has 0 bridgehead atoms. The maximum absolute atomic E-state index is 11.3. The molecule has 7 nitrogen and oxygen atoms in total. The van der Waals surface area contributed by atoms with Gasteiger partial charge in [-0.2, -0.15) is 5.10 Å². The van der Waals surface area contributed by atoms with Gasteiger partial charge in [-0.25, -0.2) is 10.2 Å². The highest BCUT2D eigenvalue weighted by molar-refractivity contribution is 5.99. The summed E-state index contributed by atoms with van der Waals surface area (Å²) in [5.74, 6) is 1.58. The summed E-state index contributed by atoms with van der Waals surface area (Å²) in [4.78, 5) is 11.3. The van der Waals surface area contributed by atoms with Gasteiger partial charge in [0.15, 0.2) is 0 Å². The molecule has 1 heterocycles. The van der Waals surface area contributed by atoms with Crippen molar-refractivity contribution in [3.63, 3.8) is 0 Å². The van der Waals surface area contributed by atoms with E-state index in [0.717, 1.165) is 28.0 Å². The summed E-state index contributed by atoms with van der Waals surface area (Å²) < 4.78 is 17.9. The fraction of sp³-hybridized carbons (Fsp3) is 0.238. The van der Waals surface area contributed by atoms with Crippen LogP contribution in [0.2, 0.25) is 0 Å². The molecule has 28 heavy (non-hydrogen) atoms. The Labute approximate surface area is 163 Å². The Morgan fingerprint density at radius 1 is 1.14 bits per heavy atom. The lowest BCUT2D eigenvalue weighted by Crippen LogP contribution is -2.18. The molecule has 1 N–H and O–H groups in total. The van der Waals surface area contributed by atoms with Crippen molar-refractivity contribution in [2.75, 3.05) is 20.3 Å². The summed E-state index contributed by atoms with van der Waals surface area (Å²) in [5, 5.41) is 5.00. The third-order valence-corrected chi connectivity index (χ3v) is 4.11. The smallest absolute Gasteiger partial charge is 0.427 e. The van der Waals surface area contributed by atoms with E-state index in [1.54, 1.807) is 20.2 Å². The van der Waals surface area contributed by atoms with Gasteiger partial charge in [0.2, 0.25) is 0 Å². The highest BCUT2D eigenvalue weighted by atomic mass is 16.5. The molecule has 3 aromatic rings. The fourth-order valence-corrected chi connectivity index (χ4v) is 2.81. The zero-order valence-electron chi connectivity index (χ0n) is 15.9. The van der Waals surface area contributed by atoms with Crippen molar-refractivity contribution in [1.29, 1.82) is 0 Å². The third-order valence-electron chi connectivity index (χ3n) is 4.11. The lowest BCUT2D eigenvalue weighted by molar-refractivity contribution is 0.152. The van der Waals surface area contributed by atoms with Crippen molar-refractivity contribution in [3.8, 4) is 11.5 Å². The molecule has 1 amide bonds. The van der Waals surface area contributed by atoms with Crippen molar-refractivity contribution in [2.24, 2.45) is 5.10 Å². The lowest BCUT2D eigenvalue weighted by atomic mass is 10.2. The van der Waals surface area contributed by atoms with Gasteiger partial charge in [0.1, 0.15) is 18.1 Å². The first kappa shape index (κ1) is 19.3. The van der Waals surface area contributed by atoms with Gasteiger partial charge in [-0.1, -0.05) is 18.2 Å². The quantitative estimate of drug-likeness (QED) is 0.476. The lowest BCUT2D eigenvalue weighted by Gasteiger charge is -2.09. The second-order valence-electron chi connectivity index (χ2n) is 5.91. The van der Waals surface area contributed by atoms with Gasteiger partial charge in [-0.15, -0.1) is 0 Å². The molecule has 0 spiro atoms. The number of hydrogen-bond acceptors (Lipinski definition) is 5. The normalized spacial score (nSPS) is 10.9. The molecule has 0 aliphatic heterocycles. The van der Waals surface area contributed by atoms with Crippen molar-refractivity contribution >= 4 is 23.2 Å². The van der Waals surface area contributed by atoms with Crippen LogP contribution in [0, 0.1) is 0 Å². The summed E-state index contributed by atoms with van der Waals surface area (Å²) in [6.45, 7) is 3.23. The van der Waals surface area contributed by atoms with E-state index in [9.17, 15) is 4.79 Å². The number of amides is 1. The van der Waals surface area contributed by atoms with Crippen molar-refractivity contribution in [2.45, 2.75) is 13.5 Å². The first-order chi connectivity index (χ1) is 13.7. The number of carbonyl (C=O) groups is 1. The van der Waals surface area contributed by atoms with Gasteiger partial charge in [0.25, 0.3) is 0 Å². The van der Waals surface area contributed by atoms with Gasteiger partial charge < -0.3 is 18.8 Å². The minimum absolute atomic E-state index is 0.300. The second-order valence-corrected chi connectivity index (χ2v) is 5.91. The van der Waals surface area contributed by atoms with Crippen molar-refractivity contribution in [1.82, 2.24) is 9.99 Å². The van der Waals surface area contributed by atoms with Crippen molar-refractivity contribution < 1.29 is 19.0 Å². The summed E-state index contributed by atoms with van der Waals surface area (Å²) in [6, 6.07) is 15.5. The molecule has 0 aliphatic carbocycles. The number of ether oxygens (including phenoxy) is 3.